The van der Waals surface area contributed by atoms with Crippen LogP contribution in [-0.2, 0) is 0 Å². The number of likely N-dealkylation sites (N-methyl/N-ethyl adjacent to an activating group) is 1. The summed E-state index contributed by atoms with van der Waals surface area (Å²) in [5.74, 6) is 0. The molecular weight excluding hydrogens is 207 g/mol. The van der Waals surface area contributed by atoms with E-state index in [4.69, 9.17) is 23.2 Å². The molecule has 0 heterocycles. The van der Waals surface area contributed by atoms with Crippen LogP contribution in [0.3, 0.4) is 0 Å². The van der Waals surface area contributed by atoms with E-state index in [2.05, 4.69) is 24.1 Å². The molecule has 0 unspecified atom stereocenters. The molecule has 0 atom stereocenters. The Balaban J connectivity index is 3.34. The van der Waals surface area contributed by atoms with Crippen molar-refractivity contribution >= 4 is 23.2 Å². The van der Waals surface area contributed by atoms with Gasteiger partial charge in [-0.3, -0.25) is 0 Å². The fraction of sp³-hybridized carbons (Fsp3) is 0.778. The molecule has 0 rings (SSSR count). The first-order chi connectivity index (χ1) is 6.24. The van der Waals surface area contributed by atoms with Gasteiger partial charge in [0.25, 0.3) is 0 Å². The Morgan fingerprint density at radius 2 is 2.00 bits per heavy atom. The van der Waals surface area contributed by atoms with Crippen molar-refractivity contribution in [1.82, 2.24) is 10.2 Å². The van der Waals surface area contributed by atoms with Crippen LogP contribution in [-0.4, -0.2) is 37.6 Å². The fourth-order valence-corrected chi connectivity index (χ4v) is 1.20. The van der Waals surface area contributed by atoms with Gasteiger partial charge in [0.1, 0.15) is 0 Å². The van der Waals surface area contributed by atoms with Gasteiger partial charge in [-0.2, -0.15) is 0 Å². The third kappa shape index (κ3) is 7.32. The third-order valence-corrected chi connectivity index (χ3v) is 2.53. The second-order valence-corrected chi connectivity index (χ2v) is 3.46. The Kier molecular flexibility index (Phi) is 8.98. The lowest BCUT2D eigenvalue weighted by molar-refractivity contribution is 0.304. The maximum absolute atomic E-state index is 5.70. The van der Waals surface area contributed by atoms with Crippen LogP contribution in [0.4, 0.5) is 0 Å². The van der Waals surface area contributed by atoms with Gasteiger partial charge >= 0.3 is 0 Å². The first kappa shape index (κ1) is 13.2. The van der Waals surface area contributed by atoms with Crippen LogP contribution >= 0.6 is 23.2 Å². The summed E-state index contributed by atoms with van der Waals surface area (Å²) in [6.07, 6.45) is 0. The Bertz CT molecular complexity index is 145. The topological polar surface area (TPSA) is 15.3 Å². The van der Waals surface area contributed by atoms with Gasteiger partial charge in [-0.05, 0) is 13.1 Å². The summed E-state index contributed by atoms with van der Waals surface area (Å²) in [5, 5.41) is 3.86. The molecule has 1 N–H and O–H groups in total. The molecule has 0 aromatic carbocycles. The molecule has 0 aromatic rings. The molecule has 0 saturated carbocycles. The van der Waals surface area contributed by atoms with Gasteiger partial charge in [0.2, 0.25) is 0 Å². The molecule has 2 nitrogen and oxygen atoms in total. The normalized spacial score (nSPS) is 12.5. The summed E-state index contributed by atoms with van der Waals surface area (Å²) < 4.78 is 0. The standard InChI is InChI=1S/C9H18Cl2N2/c1-3-13(4-2)6-5-12-8-9(11)7-10/h7,12H,3-6,8H2,1-2H3. The van der Waals surface area contributed by atoms with Crippen LogP contribution in [0, 0.1) is 0 Å². The van der Waals surface area contributed by atoms with Crippen LogP contribution in [0.5, 0.6) is 0 Å². The maximum Gasteiger partial charge on any atom is 0.0431 e. The minimum atomic E-state index is 0.654. The molecular formula is C9H18Cl2N2. The zero-order chi connectivity index (χ0) is 10.1. The Hall–Kier alpha value is 0.240. The molecule has 0 fully saturated rings. The van der Waals surface area contributed by atoms with Crippen molar-refractivity contribution in [2.75, 3.05) is 32.7 Å². The predicted molar refractivity (Wildman–Crippen MR) is 60.4 cm³/mol. The largest absolute Gasteiger partial charge is 0.310 e. The highest BCUT2D eigenvalue weighted by Gasteiger charge is 1.97. The van der Waals surface area contributed by atoms with Crippen molar-refractivity contribution in [2.45, 2.75) is 13.8 Å². The van der Waals surface area contributed by atoms with E-state index >= 15 is 0 Å². The van der Waals surface area contributed by atoms with E-state index < -0.39 is 0 Å². The van der Waals surface area contributed by atoms with Crippen molar-refractivity contribution < 1.29 is 0 Å². The second kappa shape index (κ2) is 8.82. The number of rotatable bonds is 7. The number of hydrogen-bond donors (Lipinski definition) is 1. The highest BCUT2D eigenvalue weighted by Crippen LogP contribution is 1.99. The lowest BCUT2D eigenvalue weighted by Crippen LogP contribution is -2.32. The van der Waals surface area contributed by atoms with Crippen LogP contribution in [0.2, 0.25) is 0 Å². The summed E-state index contributed by atoms with van der Waals surface area (Å²) in [6, 6.07) is 0. The van der Waals surface area contributed by atoms with Gasteiger partial charge < -0.3 is 10.2 Å². The Morgan fingerprint density at radius 1 is 1.38 bits per heavy atom. The first-order valence-electron chi connectivity index (χ1n) is 4.62. The summed E-state index contributed by atoms with van der Waals surface area (Å²) in [5.41, 5.74) is 1.39. The minimum Gasteiger partial charge on any atom is -0.310 e. The summed E-state index contributed by atoms with van der Waals surface area (Å²) >= 11 is 11.1. The van der Waals surface area contributed by atoms with Gasteiger partial charge in [-0.25, -0.2) is 0 Å². The Labute approximate surface area is 90.9 Å². The predicted octanol–water partition coefficient (Wildman–Crippen LogP) is 2.24. The van der Waals surface area contributed by atoms with Crippen LogP contribution in [0.25, 0.3) is 0 Å². The van der Waals surface area contributed by atoms with Crippen LogP contribution in [0.15, 0.2) is 10.6 Å². The molecule has 0 saturated heterocycles. The molecule has 0 aromatic heterocycles. The summed E-state index contributed by atoms with van der Waals surface area (Å²) in [6.45, 7) is 9.17. The van der Waals surface area contributed by atoms with E-state index in [-0.39, 0.29) is 0 Å². The molecule has 4 heteroatoms. The van der Waals surface area contributed by atoms with Crippen molar-refractivity contribution in [3.05, 3.63) is 10.6 Å². The summed E-state index contributed by atoms with van der Waals surface area (Å²) in [4.78, 5) is 2.35. The van der Waals surface area contributed by atoms with E-state index in [9.17, 15) is 0 Å². The number of nitrogens with one attached hydrogen (secondary N) is 1. The van der Waals surface area contributed by atoms with Crippen LogP contribution in [0.1, 0.15) is 13.8 Å². The van der Waals surface area contributed by atoms with E-state index in [0.29, 0.717) is 11.6 Å². The minimum absolute atomic E-state index is 0.654. The van der Waals surface area contributed by atoms with Crippen molar-refractivity contribution in [3.8, 4) is 0 Å². The van der Waals surface area contributed by atoms with Gasteiger partial charge in [-0.15, -0.1) is 0 Å². The molecule has 0 aliphatic heterocycles. The average molecular weight is 225 g/mol. The molecule has 78 valence electrons. The van der Waals surface area contributed by atoms with Crippen LogP contribution < -0.4 is 5.32 Å². The zero-order valence-corrected chi connectivity index (χ0v) is 9.83. The smallest absolute Gasteiger partial charge is 0.0431 e. The average Bonchev–Trinajstić information content (AvgIpc) is 2.18. The van der Waals surface area contributed by atoms with Gasteiger partial charge in [0.05, 0.1) is 0 Å². The van der Waals surface area contributed by atoms with E-state index in [1.54, 1.807) is 0 Å². The van der Waals surface area contributed by atoms with E-state index in [1.807, 2.05) is 0 Å². The first-order valence-corrected chi connectivity index (χ1v) is 5.43. The zero-order valence-electron chi connectivity index (χ0n) is 8.32. The third-order valence-electron chi connectivity index (χ3n) is 1.91. The van der Waals surface area contributed by atoms with Crippen molar-refractivity contribution in [3.63, 3.8) is 0 Å². The highest BCUT2D eigenvalue weighted by molar-refractivity contribution is 6.36. The molecule has 0 spiro atoms. The monoisotopic (exact) mass is 224 g/mol. The lowest BCUT2D eigenvalue weighted by Gasteiger charge is -2.17. The number of hydrogen-bond acceptors (Lipinski definition) is 2. The lowest BCUT2D eigenvalue weighted by atomic mass is 10.4. The van der Waals surface area contributed by atoms with E-state index in [0.717, 1.165) is 26.2 Å². The molecule has 0 aliphatic carbocycles. The molecule has 0 aliphatic rings. The van der Waals surface area contributed by atoms with E-state index in [1.165, 1.54) is 5.54 Å². The van der Waals surface area contributed by atoms with Gasteiger partial charge in [-0.1, -0.05) is 37.0 Å². The van der Waals surface area contributed by atoms with Gasteiger partial charge in [0, 0.05) is 30.2 Å². The molecule has 0 amide bonds. The van der Waals surface area contributed by atoms with Crippen molar-refractivity contribution in [2.24, 2.45) is 0 Å². The van der Waals surface area contributed by atoms with Crippen molar-refractivity contribution in [1.29, 1.82) is 0 Å². The maximum atomic E-state index is 5.70. The molecule has 0 radical (unpaired) electrons. The highest BCUT2D eigenvalue weighted by atomic mass is 35.5. The number of halogens is 2. The number of nitrogens with zero attached hydrogens (tertiary/aromatic N) is 1. The quantitative estimate of drug-likeness (QED) is 0.668. The molecule has 0 bridgehead atoms. The van der Waals surface area contributed by atoms with Gasteiger partial charge in [0.15, 0.2) is 0 Å². The fourth-order valence-electron chi connectivity index (χ4n) is 1.02. The second-order valence-electron chi connectivity index (χ2n) is 2.76. The SMILES string of the molecule is CCN(CC)CCNCC(Cl)=CCl. The summed E-state index contributed by atoms with van der Waals surface area (Å²) in [7, 11) is 0. The Morgan fingerprint density at radius 3 is 2.46 bits per heavy atom. The molecule has 13 heavy (non-hydrogen) atoms.